The molecule has 11 nitrogen and oxygen atoms in total. The summed E-state index contributed by atoms with van der Waals surface area (Å²) < 4.78 is 25.8. The zero-order valence-corrected chi connectivity index (χ0v) is 23.8. The van der Waals surface area contributed by atoms with Crippen molar-refractivity contribution in [1.29, 1.82) is 0 Å². The molecule has 40 heavy (non-hydrogen) atoms. The van der Waals surface area contributed by atoms with E-state index in [2.05, 4.69) is 31.1 Å². The average Bonchev–Trinajstić information content (AvgIpc) is 3.88. The third-order valence-corrected chi connectivity index (χ3v) is 10.8. The molecule has 3 heterocycles. The van der Waals surface area contributed by atoms with Gasteiger partial charge in [-0.3, -0.25) is 14.2 Å². The van der Waals surface area contributed by atoms with Crippen LogP contribution in [0, 0.1) is 17.3 Å². The molecular formula is C27H31N7O4S2. The highest BCUT2D eigenvalue weighted by atomic mass is 32.2. The van der Waals surface area contributed by atoms with Crippen LogP contribution in [0.4, 0.5) is 16.8 Å². The van der Waals surface area contributed by atoms with Crippen molar-refractivity contribution >= 4 is 49.8 Å². The van der Waals surface area contributed by atoms with Crippen molar-refractivity contribution < 1.29 is 18.0 Å². The number of aryl methyl sites for hydroxylation is 1. The Balaban J connectivity index is 1.14. The maximum Gasteiger partial charge on any atom is 0.254 e. The number of amides is 2. The lowest BCUT2D eigenvalue weighted by atomic mass is 9.91. The topological polar surface area (TPSA) is 148 Å². The monoisotopic (exact) mass is 581 g/mol. The highest BCUT2D eigenvalue weighted by molar-refractivity contribution is 7.90. The van der Waals surface area contributed by atoms with Crippen LogP contribution in [0.3, 0.4) is 0 Å². The summed E-state index contributed by atoms with van der Waals surface area (Å²) in [6, 6.07) is 4.72. The quantitative estimate of drug-likeness (QED) is 0.348. The van der Waals surface area contributed by atoms with Crippen molar-refractivity contribution in [2.75, 3.05) is 23.4 Å². The molecule has 210 valence electrons. The van der Waals surface area contributed by atoms with Crippen molar-refractivity contribution in [2.24, 2.45) is 17.3 Å². The number of carbonyl (C=O) groups is 2. The van der Waals surface area contributed by atoms with Gasteiger partial charge in [-0.05, 0) is 80.4 Å². The lowest BCUT2D eigenvalue weighted by Gasteiger charge is -2.25. The molecule has 3 aromatic rings. The van der Waals surface area contributed by atoms with E-state index in [0.717, 1.165) is 61.6 Å². The number of thiophene rings is 1. The van der Waals surface area contributed by atoms with Crippen LogP contribution >= 0.6 is 11.3 Å². The number of fused-ring (bicyclic) bond motifs is 1. The lowest BCUT2D eigenvalue weighted by Crippen LogP contribution is -2.29. The number of nitrogens with zero attached hydrogens (tertiary/aromatic N) is 4. The third kappa shape index (κ3) is 4.89. The van der Waals surface area contributed by atoms with Crippen LogP contribution in [0.25, 0.3) is 0 Å². The summed E-state index contributed by atoms with van der Waals surface area (Å²) in [5.74, 6) is 1.33. The van der Waals surface area contributed by atoms with Gasteiger partial charge in [0, 0.05) is 29.6 Å². The molecule has 7 rings (SSSR count). The molecule has 3 saturated carbocycles. The number of aromatic nitrogens is 4. The molecule has 3 aromatic heterocycles. The molecule has 4 aliphatic rings. The Morgan fingerprint density at radius 2 is 2.02 bits per heavy atom. The standard InChI is InChI=1S/C27H31N7O4S2/c1-40(37,38)21-4-2-3-20(30-21)31-26-33-29-14-34(26)16-7-8-19-17(11-16)22(24(36)28-13-15-5-6-15)25(39-19)32-23(35)18-12-27(18)9-10-27/h2-4,14-16,18H,5-13H2,1H3,(H,28,36)(H,32,35)(H,30,31,33)/t16-,18+/m0/s1. The first-order chi connectivity index (χ1) is 19.2. The molecule has 0 aromatic carbocycles. The summed E-state index contributed by atoms with van der Waals surface area (Å²) in [6.45, 7) is 0.658. The molecule has 3 N–H and O–H groups in total. The second-order valence-electron chi connectivity index (χ2n) is 11.7. The second-order valence-corrected chi connectivity index (χ2v) is 14.8. The summed E-state index contributed by atoms with van der Waals surface area (Å²) in [5, 5.41) is 18.3. The van der Waals surface area contributed by atoms with Crippen LogP contribution < -0.4 is 16.0 Å². The minimum absolute atomic E-state index is 0.0284. The number of sulfone groups is 1. The van der Waals surface area contributed by atoms with Gasteiger partial charge >= 0.3 is 0 Å². The van der Waals surface area contributed by atoms with E-state index >= 15 is 0 Å². The number of pyridine rings is 1. The first-order valence-corrected chi connectivity index (χ1v) is 16.5. The molecule has 13 heteroatoms. The predicted molar refractivity (Wildman–Crippen MR) is 149 cm³/mol. The normalized spacial score (nSPS) is 22.4. The van der Waals surface area contributed by atoms with Gasteiger partial charge in [0.2, 0.25) is 11.9 Å². The van der Waals surface area contributed by atoms with Crippen molar-refractivity contribution in [1.82, 2.24) is 25.1 Å². The molecule has 2 amide bonds. The maximum absolute atomic E-state index is 13.5. The van der Waals surface area contributed by atoms with E-state index in [1.807, 2.05) is 4.57 Å². The van der Waals surface area contributed by atoms with Gasteiger partial charge in [0.15, 0.2) is 14.9 Å². The molecule has 0 saturated heterocycles. The maximum atomic E-state index is 13.5. The zero-order valence-electron chi connectivity index (χ0n) is 22.1. The van der Waals surface area contributed by atoms with Crippen LogP contribution in [0.5, 0.6) is 0 Å². The van der Waals surface area contributed by atoms with Gasteiger partial charge in [0.05, 0.1) is 5.56 Å². The number of hydrogen-bond donors (Lipinski definition) is 3. The van der Waals surface area contributed by atoms with Gasteiger partial charge in [-0.25, -0.2) is 13.4 Å². The minimum Gasteiger partial charge on any atom is -0.352 e. The first-order valence-electron chi connectivity index (χ1n) is 13.8. The molecule has 1 spiro atoms. The fourth-order valence-corrected chi connectivity index (χ4v) is 7.65. The van der Waals surface area contributed by atoms with E-state index in [9.17, 15) is 18.0 Å². The van der Waals surface area contributed by atoms with Crippen LogP contribution in [0.1, 0.15) is 65.4 Å². The Hall–Kier alpha value is -3.32. The summed E-state index contributed by atoms with van der Waals surface area (Å²) in [4.78, 5) is 31.9. The first kappa shape index (κ1) is 25.6. The lowest BCUT2D eigenvalue weighted by molar-refractivity contribution is -0.117. The molecule has 0 aliphatic heterocycles. The van der Waals surface area contributed by atoms with Crippen molar-refractivity contribution in [2.45, 2.75) is 62.4 Å². The van der Waals surface area contributed by atoms with Crippen molar-refractivity contribution in [3.05, 3.63) is 40.5 Å². The van der Waals surface area contributed by atoms with E-state index in [-0.39, 0.29) is 34.2 Å². The third-order valence-electron chi connectivity index (χ3n) is 8.66. The van der Waals surface area contributed by atoms with Crippen LogP contribution in [-0.2, 0) is 27.5 Å². The zero-order chi connectivity index (χ0) is 27.6. The summed E-state index contributed by atoms with van der Waals surface area (Å²) in [5.41, 5.74) is 1.81. The summed E-state index contributed by atoms with van der Waals surface area (Å²) in [7, 11) is -3.46. The highest BCUT2D eigenvalue weighted by Gasteiger charge is 2.65. The smallest absolute Gasteiger partial charge is 0.254 e. The molecular weight excluding hydrogens is 550 g/mol. The van der Waals surface area contributed by atoms with Gasteiger partial charge < -0.3 is 16.0 Å². The summed E-state index contributed by atoms with van der Waals surface area (Å²) >= 11 is 1.53. The average molecular weight is 582 g/mol. The Kier molecular flexibility index (Phi) is 6.00. The van der Waals surface area contributed by atoms with E-state index < -0.39 is 9.84 Å². The number of rotatable bonds is 9. The summed E-state index contributed by atoms with van der Waals surface area (Å²) in [6.07, 6.45) is 10.4. The van der Waals surface area contributed by atoms with E-state index in [0.29, 0.717) is 41.2 Å². The van der Waals surface area contributed by atoms with Crippen LogP contribution in [0.2, 0.25) is 0 Å². The second kappa shape index (κ2) is 9.37. The minimum atomic E-state index is -3.46. The Morgan fingerprint density at radius 1 is 1.20 bits per heavy atom. The number of nitrogens with one attached hydrogen (secondary N) is 3. The van der Waals surface area contributed by atoms with E-state index in [1.165, 1.54) is 17.4 Å². The van der Waals surface area contributed by atoms with Crippen LogP contribution in [0.15, 0.2) is 29.6 Å². The Morgan fingerprint density at radius 3 is 2.75 bits per heavy atom. The SMILES string of the molecule is CS(=O)(=O)c1cccc(Nc2nncn2[C@H]2CCc3sc(NC(=O)[C@H]4CC45CC5)c(C(=O)NCC4CC4)c3C2)n1. The number of anilines is 3. The Bertz CT molecular complexity index is 1620. The fourth-order valence-electron chi connectivity index (χ4n) is 5.81. The van der Waals surface area contributed by atoms with E-state index in [1.54, 1.807) is 18.5 Å². The van der Waals surface area contributed by atoms with Crippen LogP contribution in [-0.4, -0.2) is 52.8 Å². The van der Waals surface area contributed by atoms with Gasteiger partial charge in [-0.2, -0.15) is 0 Å². The van der Waals surface area contributed by atoms with Gasteiger partial charge in [0.25, 0.3) is 5.91 Å². The molecule has 0 unspecified atom stereocenters. The number of carbonyl (C=O) groups excluding carboxylic acids is 2. The van der Waals surface area contributed by atoms with E-state index in [4.69, 9.17) is 0 Å². The van der Waals surface area contributed by atoms with Gasteiger partial charge in [-0.1, -0.05) is 6.07 Å². The molecule has 4 aliphatic carbocycles. The molecule has 2 atom stereocenters. The predicted octanol–water partition coefficient (Wildman–Crippen LogP) is 3.49. The van der Waals surface area contributed by atoms with Gasteiger partial charge in [-0.15, -0.1) is 21.5 Å². The fraction of sp³-hybridized carbons (Fsp3) is 0.519. The highest BCUT2D eigenvalue weighted by Crippen LogP contribution is 2.70. The van der Waals surface area contributed by atoms with Gasteiger partial charge in [0.1, 0.15) is 17.1 Å². The Labute approximate surface area is 236 Å². The molecule has 3 fully saturated rings. The largest absolute Gasteiger partial charge is 0.352 e. The number of hydrogen-bond acceptors (Lipinski definition) is 9. The van der Waals surface area contributed by atoms with Crippen molar-refractivity contribution in [3.8, 4) is 0 Å². The van der Waals surface area contributed by atoms with Crippen molar-refractivity contribution in [3.63, 3.8) is 0 Å². The molecule has 0 radical (unpaired) electrons. The molecule has 0 bridgehead atoms.